The number of esters is 3. The number of carboxylic acid groups (broad SMARTS) is 1. The van der Waals surface area contributed by atoms with Gasteiger partial charge in [-0.1, -0.05) is 34.6 Å². The largest absolute Gasteiger partial charge is 0.478 e. The van der Waals surface area contributed by atoms with E-state index in [4.69, 9.17) is 9.84 Å². The zero-order chi connectivity index (χ0) is 26.3. The molecule has 2 aromatic rings. The van der Waals surface area contributed by atoms with Crippen molar-refractivity contribution in [1.82, 2.24) is 0 Å². The first-order valence-electron chi connectivity index (χ1n) is 10.9. The predicted molar refractivity (Wildman–Crippen MR) is 128 cm³/mol. The van der Waals surface area contributed by atoms with Gasteiger partial charge in [0.25, 0.3) is 0 Å². The van der Waals surface area contributed by atoms with Crippen LogP contribution in [-0.4, -0.2) is 49.8 Å². The lowest BCUT2D eigenvalue weighted by atomic mass is 9.99. The number of aromatic carboxylic acids is 1. The van der Waals surface area contributed by atoms with Crippen molar-refractivity contribution in [3.63, 3.8) is 0 Å². The zero-order valence-corrected chi connectivity index (χ0v) is 20.8. The van der Waals surface area contributed by atoms with Crippen molar-refractivity contribution in [1.29, 1.82) is 0 Å². The number of rotatable bonds is 7. The molecule has 1 atom stereocenters. The van der Waals surface area contributed by atoms with Gasteiger partial charge in [0.15, 0.2) is 0 Å². The van der Waals surface area contributed by atoms with Gasteiger partial charge in [-0.15, -0.1) is 0 Å². The maximum absolute atomic E-state index is 11.8. The molecular weight excluding hydrogens is 440 g/mol. The fraction of sp³-hybridized carbons (Fsp3) is 0.385. The average molecular weight is 475 g/mol. The highest BCUT2D eigenvalue weighted by molar-refractivity contribution is 5.93. The topological polar surface area (TPSA) is 116 Å². The normalized spacial score (nSPS) is 10.5. The van der Waals surface area contributed by atoms with Crippen LogP contribution < -0.4 is 0 Å². The molecule has 0 amide bonds. The van der Waals surface area contributed by atoms with Crippen LogP contribution in [0.5, 0.6) is 0 Å². The van der Waals surface area contributed by atoms with Crippen LogP contribution in [0.4, 0.5) is 0 Å². The molecule has 186 valence electrons. The summed E-state index contributed by atoms with van der Waals surface area (Å²) in [7, 11) is 2.59. The lowest BCUT2D eigenvalue weighted by Crippen LogP contribution is -2.16. The van der Waals surface area contributed by atoms with E-state index < -0.39 is 17.9 Å². The molecule has 8 heteroatoms. The monoisotopic (exact) mass is 474 g/mol. The molecule has 0 bridgehead atoms. The third-order valence-electron chi connectivity index (χ3n) is 4.71. The lowest BCUT2D eigenvalue weighted by Gasteiger charge is -2.15. The summed E-state index contributed by atoms with van der Waals surface area (Å²) in [6.45, 7) is 10.6. The Balaban J connectivity index is 0.000000633. The van der Waals surface area contributed by atoms with Crippen LogP contribution >= 0.6 is 0 Å². The Morgan fingerprint density at radius 3 is 1.29 bits per heavy atom. The number of carboxylic acids is 1. The van der Waals surface area contributed by atoms with E-state index in [2.05, 4.69) is 23.3 Å². The van der Waals surface area contributed by atoms with E-state index in [9.17, 15) is 19.2 Å². The van der Waals surface area contributed by atoms with Gasteiger partial charge < -0.3 is 19.3 Å². The van der Waals surface area contributed by atoms with Crippen molar-refractivity contribution in [2.75, 3.05) is 20.8 Å². The fourth-order valence-corrected chi connectivity index (χ4v) is 2.21. The van der Waals surface area contributed by atoms with Crippen molar-refractivity contribution in [2.45, 2.75) is 34.6 Å². The van der Waals surface area contributed by atoms with Crippen LogP contribution in [0.15, 0.2) is 48.5 Å². The molecule has 0 saturated carbocycles. The quantitative estimate of drug-likeness (QED) is 0.434. The van der Waals surface area contributed by atoms with Crippen LogP contribution in [0.25, 0.3) is 0 Å². The number of ether oxygens (including phenoxy) is 3. The van der Waals surface area contributed by atoms with Crippen LogP contribution in [-0.2, 0) is 14.2 Å². The summed E-state index contributed by atoms with van der Waals surface area (Å²) < 4.78 is 14.3. The van der Waals surface area contributed by atoms with Crippen LogP contribution in [0, 0.1) is 11.8 Å². The second-order valence-corrected chi connectivity index (χ2v) is 7.26. The number of carbonyl (C=O) groups is 4. The van der Waals surface area contributed by atoms with Gasteiger partial charge in [0.1, 0.15) is 0 Å². The molecule has 0 aliphatic carbocycles. The lowest BCUT2D eigenvalue weighted by molar-refractivity contribution is 0.0418. The number of carbonyl (C=O) groups excluding carboxylic acids is 3. The van der Waals surface area contributed by atoms with Gasteiger partial charge in [-0.05, 0) is 60.4 Å². The first-order valence-corrected chi connectivity index (χ1v) is 10.9. The standard InChI is InChI=1S/C15H20O4.C9H8O4.C2H6/c1-10(2)11(3)9-19-15(17)13-7-5-12(6-8-13)14(16)18-4;1-13-9(12)7-4-2-6(3-5-7)8(10)11;1-2/h5-8,10-11H,9H2,1-4H3;2-5H,1H3,(H,10,11);1-2H3. The summed E-state index contributed by atoms with van der Waals surface area (Å²) >= 11 is 0. The first-order chi connectivity index (χ1) is 16.1. The van der Waals surface area contributed by atoms with E-state index in [1.807, 2.05) is 20.8 Å². The van der Waals surface area contributed by atoms with Crippen LogP contribution in [0.2, 0.25) is 0 Å². The molecule has 2 aromatic carbocycles. The molecule has 8 nitrogen and oxygen atoms in total. The van der Waals surface area contributed by atoms with Gasteiger partial charge >= 0.3 is 23.9 Å². The van der Waals surface area contributed by atoms with Crippen molar-refractivity contribution >= 4 is 23.9 Å². The maximum Gasteiger partial charge on any atom is 0.338 e. The summed E-state index contributed by atoms with van der Waals surface area (Å²) in [5, 5.41) is 8.56. The summed E-state index contributed by atoms with van der Waals surface area (Å²) in [5.74, 6) is -1.50. The molecule has 0 spiro atoms. The highest BCUT2D eigenvalue weighted by atomic mass is 16.5. The number of hydrogen-bond donors (Lipinski definition) is 1. The van der Waals surface area contributed by atoms with E-state index in [1.165, 1.54) is 38.5 Å². The van der Waals surface area contributed by atoms with E-state index >= 15 is 0 Å². The van der Waals surface area contributed by atoms with E-state index in [-0.39, 0.29) is 11.5 Å². The van der Waals surface area contributed by atoms with Crippen LogP contribution in [0.1, 0.15) is 76.1 Å². The van der Waals surface area contributed by atoms with Gasteiger partial charge in [0.2, 0.25) is 0 Å². The molecule has 1 N–H and O–H groups in total. The van der Waals surface area contributed by atoms with E-state index in [0.717, 1.165) is 0 Å². The second-order valence-electron chi connectivity index (χ2n) is 7.26. The molecule has 2 rings (SSSR count). The molecular formula is C26H34O8. The maximum atomic E-state index is 11.8. The van der Waals surface area contributed by atoms with Crippen molar-refractivity contribution in [3.8, 4) is 0 Å². The molecule has 0 heterocycles. The average Bonchev–Trinajstić information content (AvgIpc) is 2.87. The molecule has 0 aromatic heterocycles. The molecule has 34 heavy (non-hydrogen) atoms. The summed E-state index contributed by atoms with van der Waals surface area (Å²) in [5.41, 5.74) is 1.33. The summed E-state index contributed by atoms with van der Waals surface area (Å²) in [6.07, 6.45) is 0. The Morgan fingerprint density at radius 2 is 1.00 bits per heavy atom. The van der Waals surface area contributed by atoms with Gasteiger partial charge in [0.05, 0.1) is 43.1 Å². The third-order valence-corrected chi connectivity index (χ3v) is 4.71. The highest BCUT2D eigenvalue weighted by Crippen LogP contribution is 2.12. The second kappa shape index (κ2) is 16.0. The first kappa shape index (κ1) is 30.3. The SMILES string of the molecule is CC.COC(=O)c1ccc(C(=O)O)cc1.COC(=O)c1ccc(C(=O)OCC(C)C(C)C)cc1. The molecule has 0 fully saturated rings. The van der Waals surface area contributed by atoms with Crippen LogP contribution in [0.3, 0.4) is 0 Å². The van der Waals surface area contributed by atoms with E-state index in [1.54, 1.807) is 24.3 Å². The van der Waals surface area contributed by atoms with Gasteiger partial charge in [0, 0.05) is 0 Å². The Hall–Kier alpha value is -3.68. The Morgan fingerprint density at radius 1 is 0.676 bits per heavy atom. The number of hydrogen-bond acceptors (Lipinski definition) is 7. The van der Waals surface area contributed by atoms with Crippen molar-refractivity contribution in [3.05, 3.63) is 70.8 Å². The minimum atomic E-state index is -1.02. The summed E-state index contributed by atoms with van der Waals surface area (Å²) in [4.78, 5) is 44.4. The fourth-order valence-electron chi connectivity index (χ4n) is 2.21. The van der Waals surface area contributed by atoms with Gasteiger partial charge in [-0.25, -0.2) is 19.2 Å². The minimum absolute atomic E-state index is 0.146. The molecule has 0 aliphatic rings. The molecule has 0 aliphatic heterocycles. The Bertz CT molecular complexity index is 915. The number of benzene rings is 2. The predicted octanol–water partition coefficient (Wildman–Crippen LogP) is 5.12. The molecule has 1 unspecified atom stereocenters. The van der Waals surface area contributed by atoms with Gasteiger partial charge in [-0.2, -0.15) is 0 Å². The van der Waals surface area contributed by atoms with Gasteiger partial charge in [-0.3, -0.25) is 0 Å². The minimum Gasteiger partial charge on any atom is -0.478 e. The zero-order valence-electron chi connectivity index (χ0n) is 20.8. The number of methoxy groups -OCH3 is 2. The Labute approximate surface area is 200 Å². The molecule has 0 radical (unpaired) electrons. The van der Waals surface area contributed by atoms with Crippen molar-refractivity contribution < 1.29 is 38.5 Å². The Kier molecular flexibility index (Phi) is 14.3. The van der Waals surface area contributed by atoms with E-state index in [0.29, 0.717) is 35.1 Å². The van der Waals surface area contributed by atoms with Crippen molar-refractivity contribution in [2.24, 2.45) is 11.8 Å². The smallest absolute Gasteiger partial charge is 0.338 e. The highest BCUT2D eigenvalue weighted by Gasteiger charge is 2.13. The third kappa shape index (κ3) is 10.3. The summed E-state index contributed by atoms with van der Waals surface area (Å²) in [6, 6.07) is 11.8. The molecule has 0 saturated heterocycles.